The van der Waals surface area contributed by atoms with E-state index in [1.165, 1.54) is 27.7 Å². The van der Waals surface area contributed by atoms with Crippen molar-refractivity contribution in [3.63, 3.8) is 0 Å². The summed E-state index contributed by atoms with van der Waals surface area (Å²) in [5.41, 5.74) is -1.22. The van der Waals surface area contributed by atoms with Gasteiger partial charge in [0.1, 0.15) is 66.2 Å². The van der Waals surface area contributed by atoms with Crippen molar-refractivity contribution in [1.29, 1.82) is 0 Å². The molecule has 0 spiro atoms. The van der Waals surface area contributed by atoms with Crippen molar-refractivity contribution in [1.82, 2.24) is 0 Å². The topological polar surface area (TPSA) is 229 Å². The highest BCUT2D eigenvalue weighted by Gasteiger charge is 2.49. The smallest absolute Gasteiger partial charge is 0.477 e. The average molecular weight is 1500 g/mol. The van der Waals surface area contributed by atoms with E-state index in [4.69, 9.17) is 58.5 Å². The first-order valence-electron chi connectivity index (χ1n) is 32.1. The summed E-state index contributed by atoms with van der Waals surface area (Å²) in [6.45, 7) is 59.8. The maximum atomic E-state index is 13.3. The second kappa shape index (κ2) is 47.0. The Hall–Kier alpha value is -5.42. The van der Waals surface area contributed by atoms with Crippen LogP contribution >= 0.6 is 0 Å². The van der Waals surface area contributed by atoms with Gasteiger partial charge in [-0.2, -0.15) is 0 Å². The van der Waals surface area contributed by atoms with Crippen molar-refractivity contribution in [3.05, 3.63) is 169 Å². The lowest BCUT2D eigenvalue weighted by Crippen LogP contribution is -2.59. The van der Waals surface area contributed by atoms with Crippen molar-refractivity contribution >= 4 is 74.0 Å². The van der Waals surface area contributed by atoms with Crippen molar-refractivity contribution < 1.29 is 87.9 Å². The summed E-state index contributed by atoms with van der Waals surface area (Å²) >= 11 is 0. The third-order valence-electron chi connectivity index (χ3n) is 11.8. The normalized spacial score (nSPS) is 11.8. The molecule has 0 atom stereocenters. The molecule has 568 valence electrons. The molecule has 4 aromatic rings. The first-order chi connectivity index (χ1) is 44.2. The third-order valence-corrected chi connectivity index (χ3v) is 29.2. The van der Waals surface area contributed by atoms with Crippen LogP contribution in [0.3, 0.4) is 0 Å². The second-order valence-corrected chi connectivity index (χ2v) is 51.9. The molecule has 0 fully saturated rings. The molecule has 4 rings (SSSR count). The van der Waals surface area contributed by atoms with Gasteiger partial charge in [-0.15, -0.1) is 19.7 Å². The van der Waals surface area contributed by atoms with Gasteiger partial charge in [-0.05, 0) is 230 Å². The minimum absolute atomic E-state index is 0. The Labute approximate surface area is 610 Å². The number of rotatable bonds is 41. The molecule has 4 aromatic carbocycles. The van der Waals surface area contributed by atoms with Gasteiger partial charge >= 0.3 is 17.6 Å². The zero-order chi connectivity index (χ0) is 73.4. The molecule has 19 nitrogen and oxygen atoms in total. The van der Waals surface area contributed by atoms with E-state index in [-0.39, 0.29) is 52.8 Å². The van der Waals surface area contributed by atoms with Gasteiger partial charge in [0.15, 0.2) is 56.4 Å². The number of benzene rings is 4. The number of aliphatic hydroxyl groups is 2. The Kier molecular flexibility index (Phi) is 47.5. The summed E-state index contributed by atoms with van der Waals surface area (Å²) in [6.07, 6.45) is 5.07. The van der Waals surface area contributed by atoms with Crippen molar-refractivity contribution in [3.8, 4) is 23.0 Å². The van der Waals surface area contributed by atoms with Crippen LogP contribution in [0, 0.1) is 0 Å². The van der Waals surface area contributed by atoms with Gasteiger partial charge in [-0.1, -0.05) is 54.5 Å². The Morgan fingerprint density at radius 2 is 0.620 bits per heavy atom. The molecule has 0 saturated carbocycles. The fraction of sp³-hybridized carbons (Fsp3) is 0.520. The lowest BCUT2D eigenvalue weighted by molar-refractivity contribution is 0.0313. The van der Waals surface area contributed by atoms with E-state index in [9.17, 15) is 29.4 Å². The highest BCUT2D eigenvalue weighted by molar-refractivity contribution is 6.86. The summed E-state index contributed by atoms with van der Waals surface area (Å²) in [7, 11) is -13.3. The molecule has 0 aliphatic carbocycles. The Morgan fingerprint density at radius 3 is 0.860 bits per heavy atom. The molecule has 0 heterocycles. The van der Waals surface area contributed by atoms with Crippen LogP contribution in [0.5, 0.6) is 23.0 Å². The number of hydrogen-bond donors (Lipinski definition) is 2. The van der Waals surface area contributed by atoms with Crippen molar-refractivity contribution in [2.75, 3.05) is 72.7 Å². The maximum absolute atomic E-state index is 13.3. The van der Waals surface area contributed by atoms with Gasteiger partial charge in [0.2, 0.25) is 0 Å². The number of hydrogen-bond acceptors (Lipinski definition) is 19. The molecule has 0 radical (unpaired) electrons. The van der Waals surface area contributed by atoms with Crippen LogP contribution in [-0.4, -0.2) is 174 Å². The van der Waals surface area contributed by atoms with E-state index >= 15 is 0 Å². The van der Waals surface area contributed by atoms with Gasteiger partial charge in [0.25, 0.3) is 0 Å². The van der Waals surface area contributed by atoms with Crippen LogP contribution in [0.25, 0.3) is 0 Å². The molecule has 0 saturated heterocycles. The Morgan fingerprint density at radius 1 is 0.380 bits per heavy atom. The second-order valence-electron chi connectivity index (χ2n) is 27.8. The lowest BCUT2D eigenvalue weighted by atomic mass is 9.97. The minimum atomic E-state index is -3.03. The van der Waals surface area contributed by atoms with Crippen LogP contribution in [0.1, 0.15) is 120 Å². The number of ether oxygens (including phenoxy) is 7. The summed E-state index contributed by atoms with van der Waals surface area (Å²) in [6, 6.07) is 27.5. The fourth-order valence-corrected chi connectivity index (χ4v) is 29.7. The van der Waals surface area contributed by atoms with Crippen LogP contribution in [0.2, 0.25) is 91.7 Å². The molecule has 0 aliphatic rings. The van der Waals surface area contributed by atoms with E-state index in [0.29, 0.717) is 118 Å². The SMILES string of the molecule is C.C.C.C.C=CCOCCOc1ccc(C(=O)C(=C)C)cc1.C=CCOCCOc1ccc(C(=O)C(C)(C)O)cc1.C=CCOCCOc1ccc(C(=O)C(C)(C)O[Si](C)(O[Si](C)(C)C)O[Si](C)(C)C)cc1.CC(C)(O)C(=O)c1ccc(OCCO[Si](C)(O[Si](C)(C)C)O[Si](C)(C)C)cc1. The Balaban J connectivity index is -0.000000620. The van der Waals surface area contributed by atoms with Crippen molar-refractivity contribution in [2.45, 2.75) is 187 Å². The monoisotopic (exact) mass is 1500 g/mol. The summed E-state index contributed by atoms with van der Waals surface area (Å²) in [5.74, 6) is 1.90. The third kappa shape index (κ3) is 44.8. The van der Waals surface area contributed by atoms with Gasteiger partial charge in [-0.3, -0.25) is 19.2 Å². The average Bonchev–Trinajstić information content (AvgIpc) is 0.852. The molecule has 100 heavy (non-hydrogen) atoms. The number of allylic oxidation sites excluding steroid dienone is 1. The highest BCUT2D eigenvalue weighted by Crippen LogP contribution is 2.30. The van der Waals surface area contributed by atoms with E-state index in [1.807, 2.05) is 13.1 Å². The van der Waals surface area contributed by atoms with Gasteiger partial charge in [-0.25, -0.2) is 0 Å². The first kappa shape index (κ1) is 101. The molecular formula is C75H130O19Si6. The maximum Gasteiger partial charge on any atom is 0.477 e. The highest BCUT2D eigenvalue weighted by atomic mass is 28.5. The lowest BCUT2D eigenvalue weighted by Gasteiger charge is -2.41. The van der Waals surface area contributed by atoms with Gasteiger partial charge in [0, 0.05) is 35.3 Å². The molecule has 2 N–H and O–H groups in total. The molecule has 0 amide bonds. The summed E-state index contributed by atoms with van der Waals surface area (Å²) < 4.78 is 75.7. The minimum Gasteiger partial charge on any atom is -0.491 e. The quantitative estimate of drug-likeness (QED) is 0.0138. The number of ketones is 4. The number of carbonyl (C=O) groups excluding carboxylic acids is 4. The molecule has 25 heteroatoms. The Bertz CT molecular complexity index is 2970. The van der Waals surface area contributed by atoms with Crippen LogP contribution in [-0.2, 0) is 39.5 Å². The molecule has 0 bridgehead atoms. The van der Waals surface area contributed by atoms with Gasteiger partial charge in [0.05, 0.1) is 46.2 Å². The zero-order valence-corrected chi connectivity index (χ0v) is 67.4. The van der Waals surface area contributed by atoms with Crippen molar-refractivity contribution in [2.24, 2.45) is 0 Å². The van der Waals surface area contributed by atoms with E-state index < -0.39 is 67.7 Å². The molecular weight excluding hydrogens is 1370 g/mol. The molecule has 0 unspecified atom stereocenters. The predicted octanol–water partition coefficient (Wildman–Crippen LogP) is 17.6. The van der Waals surface area contributed by atoms with E-state index in [2.05, 4.69) is 105 Å². The number of carbonyl (C=O) groups is 4. The summed E-state index contributed by atoms with van der Waals surface area (Å²) in [4.78, 5) is 48.7. The van der Waals surface area contributed by atoms with Crippen LogP contribution < -0.4 is 18.9 Å². The van der Waals surface area contributed by atoms with Crippen LogP contribution in [0.4, 0.5) is 0 Å². The summed E-state index contributed by atoms with van der Waals surface area (Å²) in [5, 5.41) is 19.4. The standard InChI is InChI=1S/C22H40O6Si3.C19H36O6Si3.C15H20O4.C15H18O3.4CH4/c1-11-16-24-17-18-25-20-14-12-19(13-15-20)21(23)22(2,3)26-31(10,27-29(4,5)6)28-30(7,8)9;1-19(2,21)18(20)16-10-12-17(13-11-16)22-14-15-23-28(9,24-26(3,4)5)25-27(6,7)8;1-4-9-18-10-11-19-13-7-5-12(6-8-13)14(16)15(2,3)17;1-4-9-17-10-11-18-14-7-5-13(6-8-14)15(16)12(2)3;;;;/h11-15H,1,16-18H2,2-10H3;10-13,21H,14-15H2,1-9H3;4-8,17H,1,9-11H2,2-3H3;4-8H,1-2,9-11H2,3H3;4*1H4. The van der Waals surface area contributed by atoms with Gasteiger partial charge < -0.3 is 68.7 Å². The van der Waals surface area contributed by atoms with E-state index in [0.717, 1.165) is 5.75 Å². The number of Topliss-reactive ketones (excluding diaryl/α,β-unsaturated/α-hetero) is 4. The first-order valence-corrected chi connectivity index (χ1v) is 50.2. The molecule has 0 aromatic heterocycles. The zero-order valence-electron chi connectivity index (χ0n) is 61.4. The van der Waals surface area contributed by atoms with E-state index in [1.54, 1.807) is 136 Å². The van der Waals surface area contributed by atoms with Crippen LogP contribution in [0.15, 0.2) is 147 Å². The fourth-order valence-electron chi connectivity index (χ4n) is 8.53. The predicted molar refractivity (Wildman–Crippen MR) is 425 cm³/mol. The largest absolute Gasteiger partial charge is 0.491 e. The molecule has 0 aliphatic heterocycles.